The zero-order valence-electron chi connectivity index (χ0n) is 16.2. The normalized spacial score (nSPS) is 14.9. The fraction of sp³-hybridized carbons (Fsp3) is 0.350. The minimum atomic E-state index is -0.367. The largest absolute Gasteiger partial charge is 0.369 e. The number of nitrogens with zero attached hydrogens (tertiary/aromatic N) is 5. The molecule has 0 unspecified atom stereocenters. The van der Waals surface area contributed by atoms with Crippen molar-refractivity contribution in [1.29, 1.82) is 0 Å². The molecule has 3 heterocycles. The lowest BCUT2D eigenvalue weighted by Gasteiger charge is -2.30. The number of halogens is 1. The molecule has 0 radical (unpaired) electrons. The number of piperidine rings is 1. The Morgan fingerprint density at radius 2 is 1.87 bits per heavy atom. The highest BCUT2D eigenvalue weighted by Gasteiger charge is 2.25. The van der Waals surface area contributed by atoms with Crippen molar-refractivity contribution < 1.29 is 14.0 Å². The molecule has 2 aromatic heterocycles. The average Bonchev–Trinajstić information content (AvgIpc) is 3.18. The molecule has 1 aliphatic rings. The first-order valence-corrected chi connectivity index (χ1v) is 9.70. The molecule has 2 N–H and O–H groups in total. The van der Waals surface area contributed by atoms with Crippen LogP contribution in [-0.2, 0) is 16.1 Å². The maximum Gasteiger partial charge on any atom is 0.264 e. The predicted molar refractivity (Wildman–Crippen MR) is 106 cm³/mol. The minimum absolute atomic E-state index is 0.0769. The third kappa shape index (κ3) is 3.80. The Bertz CT molecular complexity index is 1150. The van der Waals surface area contributed by atoms with Crippen molar-refractivity contribution in [2.75, 3.05) is 13.1 Å². The van der Waals surface area contributed by atoms with Gasteiger partial charge in [0.05, 0.1) is 18.2 Å². The molecule has 4 rings (SSSR count). The Labute approximate surface area is 170 Å². The van der Waals surface area contributed by atoms with Crippen molar-refractivity contribution >= 4 is 22.8 Å². The summed E-state index contributed by atoms with van der Waals surface area (Å²) < 4.78 is 16.0. The second kappa shape index (κ2) is 8.05. The van der Waals surface area contributed by atoms with Crippen molar-refractivity contribution in [2.24, 2.45) is 11.7 Å². The topological polar surface area (TPSA) is 116 Å². The van der Waals surface area contributed by atoms with Crippen LogP contribution < -0.4 is 11.3 Å². The molecule has 3 aromatic rings. The van der Waals surface area contributed by atoms with Crippen LogP contribution in [0.15, 0.2) is 41.6 Å². The maximum absolute atomic E-state index is 13.1. The van der Waals surface area contributed by atoms with Crippen molar-refractivity contribution in [3.63, 3.8) is 0 Å². The molecule has 1 aliphatic heterocycles. The number of nitrogens with two attached hydrogens (primary N) is 1. The van der Waals surface area contributed by atoms with E-state index in [1.54, 1.807) is 17.0 Å². The maximum atomic E-state index is 13.1. The van der Waals surface area contributed by atoms with Gasteiger partial charge in [0.15, 0.2) is 5.65 Å². The molecule has 1 fully saturated rings. The first-order valence-electron chi connectivity index (χ1n) is 9.70. The van der Waals surface area contributed by atoms with Gasteiger partial charge < -0.3 is 10.6 Å². The molecule has 1 aromatic carbocycles. The number of likely N-dealkylation sites (tertiary alicyclic amines) is 1. The van der Waals surface area contributed by atoms with Gasteiger partial charge in [0.25, 0.3) is 5.56 Å². The molecule has 10 heteroatoms. The lowest BCUT2D eigenvalue weighted by molar-refractivity contribution is -0.135. The summed E-state index contributed by atoms with van der Waals surface area (Å²) in [4.78, 5) is 42.5. The number of hydrogen-bond acceptors (Lipinski definition) is 5. The third-order valence-corrected chi connectivity index (χ3v) is 5.44. The summed E-state index contributed by atoms with van der Waals surface area (Å²) in [7, 11) is 0. The van der Waals surface area contributed by atoms with Crippen LogP contribution in [0.2, 0.25) is 0 Å². The smallest absolute Gasteiger partial charge is 0.264 e. The van der Waals surface area contributed by atoms with Crippen LogP contribution in [0.3, 0.4) is 0 Å². The van der Waals surface area contributed by atoms with Crippen molar-refractivity contribution in [2.45, 2.75) is 25.8 Å². The molecule has 30 heavy (non-hydrogen) atoms. The average molecular weight is 412 g/mol. The van der Waals surface area contributed by atoms with Crippen LogP contribution in [0.1, 0.15) is 19.3 Å². The molecule has 0 saturated carbocycles. The highest BCUT2D eigenvalue weighted by molar-refractivity contribution is 5.79. The zero-order chi connectivity index (χ0) is 21.3. The number of benzene rings is 1. The lowest BCUT2D eigenvalue weighted by Crippen LogP contribution is -2.42. The van der Waals surface area contributed by atoms with E-state index in [-0.39, 0.29) is 42.1 Å². The number of primary amides is 1. The second-order valence-corrected chi connectivity index (χ2v) is 7.32. The van der Waals surface area contributed by atoms with Gasteiger partial charge in [-0.3, -0.25) is 19.0 Å². The van der Waals surface area contributed by atoms with Crippen molar-refractivity contribution in [1.82, 2.24) is 24.2 Å². The van der Waals surface area contributed by atoms with Crippen LogP contribution in [0.4, 0.5) is 4.39 Å². The van der Waals surface area contributed by atoms with E-state index in [9.17, 15) is 18.8 Å². The molecule has 156 valence electrons. The summed E-state index contributed by atoms with van der Waals surface area (Å²) >= 11 is 0. The van der Waals surface area contributed by atoms with Crippen molar-refractivity contribution in [3.8, 4) is 5.69 Å². The molecular weight excluding hydrogens is 391 g/mol. The number of carbonyl (C=O) groups is 2. The van der Waals surface area contributed by atoms with E-state index in [4.69, 9.17) is 5.73 Å². The van der Waals surface area contributed by atoms with Crippen molar-refractivity contribution in [3.05, 3.63) is 53.0 Å². The van der Waals surface area contributed by atoms with Gasteiger partial charge in [0, 0.05) is 32.0 Å². The lowest BCUT2D eigenvalue weighted by atomic mass is 9.96. The molecule has 1 saturated heterocycles. The number of aryl methyl sites for hydroxylation is 1. The van der Waals surface area contributed by atoms with E-state index in [0.717, 1.165) is 0 Å². The molecule has 0 atom stereocenters. The van der Waals surface area contributed by atoms with Gasteiger partial charge in [-0.2, -0.15) is 5.10 Å². The second-order valence-electron chi connectivity index (χ2n) is 7.32. The van der Waals surface area contributed by atoms with E-state index in [1.807, 2.05) is 0 Å². The molecule has 9 nitrogen and oxygen atoms in total. The van der Waals surface area contributed by atoms with Crippen LogP contribution in [0, 0.1) is 11.7 Å². The number of amides is 2. The number of aromatic nitrogens is 4. The SMILES string of the molecule is NC(=O)C1CCN(C(=O)CCn2cnc3c(cnn3-c3ccc(F)cc3)c2=O)CC1. The fourth-order valence-corrected chi connectivity index (χ4v) is 3.67. The predicted octanol–water partition coefficient (Wildman–Crippen LogP) is 0.835. The molecule has 0 spiro atoms. The van der Waals surface area contributed by atoms with Gasteiger partial charge in [0.1, 0.15) is 11.2 Å². The summed E-state index contributed by atoms with van der Waals surface area (Å²) in [6.45, 7) is 1.17. The summed E-state index contributed by atoms with van der Waals surface area (Å²) in [6.07, 6.45) is 4.09. The third-order valence-electron chi connectivity index (χ3n) is 5.44. The summed E-state index contributed by atoms with van der Waals surface area (Å²) in [5, 5.41) is 4.51. The minimum Gasteiger partial charge on any atom is -0.369 e. The van der Waals surface area contributed by atoms with Gasteiger partial charge >= 0.3 is 0 Å². The van der Waals surface area contributed by atoms with Crippen LogP contribution in [-0.4, -0.2) is 49.1 Å². The zero-order valence-corrected chi connectivity index (χ0v) is 16.2. The molecule has 2 amide bonds. The van der Waals surface area contributed by atoms with Crippen LogP contribution in [0.5, 0.6) is 0 Å². The van der Waals surface area contributed by atoms with Gasteiger partial charge in [-0.1, -0.05) is 0 Å². The highest BCUT2D eigenvalue weighted by Crippen LogP contribution is 2.18. The quantitative estimate of drug-likeness (QED) is 0.667. The Hall–Kier alpha value is -3.56. The van der Waals surface area contributed by atoms with Crippen LogP contribution in [0.25, 0.3) is 16.7 Å². The number of hydrogen-bond donors (Lipinski definition) is 1. The standard InChI is InChI=1S/C20H21FN6O3/c21-14-1-3-15(4-2-14)27-19-16(11-24-27)20(30)26(12-23-19)10-7-17(28)25-8-5-13(6-9-25)18(22)29/h1-4,11-13H,5-10H2,(H2,22,29). The van der Waals surface area contributed by atoms with Gasteiger partial charge in [0.2, 0.25) is 11.8 Å². The van der Waals surface area contributed by atoms with Gasteiger partial charge in [-0.25, -0.2) is 14.1 Å². The monoisotopic (exact) mass is 412 g/mol. The van der Waals surface area contributed by atoms with E-state index < -0.39 is 0 Å². The number of fused-ring (bicyclic) bond motifs is 1. The molecule has 0 bridgehead atoms. The van der Waals surface area contributed by atoms with E-state index in [1.165, 1.54) is 33.9 Å². The Balaban J connectivity index is 1.46. The number of carbonyl (C=O) groups excluding carboxylic acids is 2. The van der Waals surface area contributed by atoms with Gasteiger partial charge in [-0.05, 0) is 37.1 Å². The first-order chi connectivity index (χ1) is 14.4. The summed E-state index contributed by atoms with van der Waals surface area (Å²) in [5.41, 5.74) is 5.97. The molecule has 0 aliphatic carbocycles. The Kier molecular flexibility index (Phi) is 5.30. The first kappa shape index (κ1) is 19.7. The summed E-state index contributed by atoms with van der Waals surface area (Å²) in [5.74, 6) is -0.948. The summed E-state index contributed by atoms with van der Waals surface area (Å²) in [6, 6.07) is 5.72. The highest BCUT2D eigenvalue weighted by atomic mass is 19.1. The fourth-order valence-electron chi connectivity index (χ4n) is 3.67. The Morgan fingerprint density at radius 3 is 2.53 bits per heavy atom. The Morgan fingerprint density at radius 1 is 1.17 bits per heavy atom. The van der Waals surface area contributed by atoms with Crippen LogP contribution >= 0.6 is 0 Å². The molecular formula is C20H21FN6O3. The van der Waals surface area contributed by atoms with E-state index >= 15 is 0 Å². The van der Waals surface area contributed by atoms with Gasteiger partial charge in [-0.15, -0.1) is 0 Å². The van der Waals surface area contributed by atoms with E-state index in [2.05, 4.69) is 10.1 Å². The van der Waals surface area contributed by atoms with E-state index in [0.29, 0.717) is 42.7 Å². The number of rotatable bonds is 5.